The van der Waals surface area contributed by atoms with Crippen molar-refractivity contribution in [1.82, 2.24) is 14.9 Å². The standard InChI is InChI=1S/C19H22N4O2/c1-13-5-4-10-23(12-13)18(25)17-8-9-20-19(22-17)21-16-7-3-6-15(11-16)14(2)24/h3,6-9,11,13H,4-5,10,12H2,1-2H3,(H,20,21,22). The number of Topliss-reactive ketones (excluding diaryl/α,β-unsaturated/α-hetero) is 1. The molecule has 0 radical (unpaired) electrons. The molecule has 1 fully saturated rings. The zero-order chi connectivity index (χ0) is 17.8. The predicted molar refractivity (Wildman–Crippen MR) is 96.1 cm³/mol. The molecule has 0 bridgehead atoms. The quantitative estimate of drug-likeness (QED) is 0.866. The number of hydrogen-bond donors (Lipinski definition) is 1. The minimum absolute atomic E-state index is 0.00675. The number of piperidine rings is 1. The van der Waals surface area contributed by atoms with Crippen LogP contribution < -0.4 is 5.32 Å². The monoisotopic (exact) mass is 338 g/mol. The molecule has 1 unspecified atom stereocenters. The van der Waals surface area contributed by atoms with Crippen molar-refractivity contribution < 1.29 is 9.59 Å². The van der Waals surface area contributed by atoms with Crippen LogP contribution in [0.3, 0.4) is 0 Å². The number of rotatable bonds is 4. The van der Waals surface area contributed by atoms with Crippen molar-refractivity contribution in [2.24, 2.45) is 5.92 Å². The van der Waals surface area contributed by atoms with Gasteiger partial charge in [-0.1, -0.05) is 19.1 Å². The van der Waals surface area contributed by atoms with Crippen LogP contribution in [0.25, 0.3) is 0 Å². The number of amides is 1. The molecular weight excluding hydrogens is 316 g/mol. The lowest BCUT2D eigenvalue weighted by atomic mass is 10.00. The van der Waals surface area contributed by atoms with Gasteiger partial charge in [0.25, 0.3) is 5.91 Å². The Morgan fingerprint density at radius 2 is 2.12 bits per heavy atom. The fraction of sp³-hybridized carbons (Fsp3) is 0.368. The lowest BCUT2D eigenvalue weighted by Crippen LogP contribution is -2.39. The molecule has 1 aromatic heterocycles. The Bertz CT molecular complexity index is 790. The molecule has 1 amide bonds. The second-order valence-electron chi connectivity index (χ2n) is 6.53. The Hall–Kier alpha value is -2.76. The summed E-state index contributed by atoms with van der Waals surface area (Å²) < 4.78 is 0. The number of nitrogens with zero attached hydrogens (tertiary/aromatic N) is 3. The first-order chi connectivity index (χ1) is 12.0. The summed E-state index contributed by atoms with van der Waals surface area (Å²) in [7, 11) is 0. The summed E-state index contributed by atoms with van der Waals surface area (Å²) in [5.74, 6) is 0.797. The Labute approximate surface area is 147 Å². The summed E-state index contributed by atoms with van der Waals surface area (Å²) in [6.07, 6.45) is 3.76. The largest absolute Gasteiger partial charge is 0.337 e. The maximum Gasteiger partial charge on any atom is 0.272 e. The van der Waals surface area contributed by atoms with Crippen molar-refractivity contribution in [2.45, 2.75) is 26.7 Å². The molecule has 1 aliphatic heterocycles. The van der Waals surface area contributed by atoms with Crippen LogP contribution in [-0.2, 0) is 0 Å². The summed E-state index contributed by atoms with van der Waals surface area (Å²) in [5.41, 5.74) is 1.71. The van der Waals surface area contributed by atoms with E-state index in [1.807, 2.05) is 11.0 Å². The number of benzene rings is 1. The number of aromatic nitrogens is 2. The van der Waals surface area contributed by atoms with Gasteiger partial charge in [-0.05, 0) is 43.9 Å². The van der Waals surface area contributed by atoms with E-state index >= 15 is 0 Å². The molecule has 0 spiro atoms. The Balaban J connectivity index is 1.76. The van der Waals surface area contributed by atoms with Crippen LogP contribution >= 0.6 is 0 Å². The molecule has 0 saturated carbocycles. The van der Waals surface area contributed by atoms with Gasteiger partial charge in [0.15, 0.2) is 5.78 Å². The molecule has 2 aromatic rings. The molecule has 1 aliphatic rings. The maximum absolute atomic E-state index is 12.7. The normalized spacial score (nSPS) is 17.2. The average Bonchev–Trinajstić information content (AvgIpc) is 2.61. The molecular formula is C19H22N4O2. The van der Waals surface area contributed by atoms with Crippen LogP contribution in [0.5, 0.6) is 0 Å². The molecule has 1 saturated heterocycles. The fourth-order valence-corrected chi connectivity index (χ4v) is 3.02. The van der Waals surface area contributed by atoms with Gasteiger partial charge < -0.3 is 10.2 Å². The van der Waals surface area contributed by atoms with E-state index in [0.717, 1.165) is 25.9 Å². The van der Waals surface area contributed by atoms with E-state index in [1.165, 1.54) is 6.92 Å². The third-order valence-corrected chi connectivity index (χ3v) is 4.34. The van der Waals surface area contributed by atoms with Crippen molar-refractivity contribution in [3.8, 4) is 0 Å². The first-order valence-corrected chi connectivity index (χ1v) is 8.53. The smallest absolute Gasteiger partial charge is 0.272 e. The fourth-order valence-electron chi connectivity index (χ4n) is 3.02. The lowest BCUT2D eigenvalue weighted by molar-refractivity contribution is 0.0677. The van der Waals surface area contributed by atoms with Gasteiger partial charge in [-0.25, -0.2) is 9.97 Å². The van der Waals surface area contributed by atoms with Crippen LogP contribution in [0, 0.1) is 5.92 Å². The SMILES string of the molecule is CC(=O)c1cccc(Nc2nccc(C(=O)N3CCCC(C)C3)n2)c1. The van der Waals surface area contributed by atoms with E-state index in [4.69, 9.17) is 0 Å². The second-order valence-corrected chi connectivity index (χ2v) is 6.53. The molecule has 1 N–H and O–H groups in total. The van der Waals surface area contributed by atoms with Gasteiger partial charge in [0.2, 0.25) is 5.95 Å². The molecule has 1 aromatic carbocycles. The summed E-state index contributed by atoms with van der Waals surface area (Å²) in [4.78, 5) is 34.5. The Morgan fingerprint density at radius 3 is 2.88 bits per heavy atom. The number of carbonyl (C=O) groups is 2. The van der Waals surface area contributed by atoms with Crippen molar-refractivity contribution >= 4 is 23.3 Å². The van der Waals surface area contributed by atoms with Gasteiger partial charge in [0.05, 0.1) is 0 Å². The highest BCUT2D eigenvalue weighted by Gasteiger charge is 2.23. The molecule has 6 nitrogen and oxygen atoms in total. The predicted octanol–water partition coefficient (Wildman–Crippen LogP) is 3.29. The maximum atomic E-state index is 12.7. The molecule has 2 heterocycles. The summed E-state index contributed by atoms with van der Waals surface area (Å²) in [6, 6.07) is 8.76. The van der Waals surface area contributed by atoms with E-state index in [-0.39, 0.29) is 11.7 Å². The van der Waals surface area contributed by atoms with Gasteiger partial charge >= 0.3 is 0 Å². The third-order valence-electron chi connectivity index (χ3n) is 4.34. The van der Waals surface area contributed by atoms with Crippen molar-refractivity contribution in [2.75, 3.05) is 18.4 Å². The van der Waals surface area contributed by atoms with Crippen LogP contribution in [0.1, 0.15) is 47.5 Å². The van der Waals surface area contributed by atoms with E-state index in [2.05, 4.69) is 22.2 Å². The second kappa shape index (κ2) is 7.42. The highest BCUT2D eigenvalue weighted by molar-refractivity contribution is 5.95. The van der Waals surface area contributed by atoms with E-state index in [0.29, 0.717) is 28.8 Å². The first kappa shape index (κ1) is 17.1. The molecule has 25 heavy (non-hydrogen) atoms. The average molecular weight is 338 g/mol. The number of carbonyl (C=O) groups excluding carboxylic acids is 2. The molecule has 3 rings (SSSR count). The number of anilines is 2. The summed E-state index contributed by atoms with van der Waals surface area (Å²) in [5, 5.41) is 3.06. The van der Waals surface area contributed by atoms with Crippen LogP contribution in [-0.4, -0.2) is 39.6 Å². The molecule has 0 aliphatic carbocycles. The highest BCUT2D eigenvalue weighted by atomic mass is 16.2. The Morgan fingerprint density at radius 1 is 1.28 bits per heavy atom. The van der Waals surface area contributed by atoms with E-state index in [1.54, 1.807) is 30.5 Å². The summed E-state index contributed by atoms with van der Waals surface area (Å²) >= 11 is 0. The molecule has 6 heteroatoms. The van der Waals surface area contributed by atoms with Gasteiger partial charge in [-0.3, -0.25) is 9.59 Å². The number of hydrogen-bond acceptors (Lipinski definition) is 5. The zero-order valence-electron chi connectivity index (χ0n) is 14.5. The summed E-state index contributed by atoms with van der Waals surface area (Å²) in [6.45, 7) is 5.23. The zero-order valence-corrected chi connectivity index (χ0v) is 14.5. The van der Waals surface area contributed by atoms with Gasteiger partial charge in [-0.2, -0.15) is 0 Å². The van der Waals surface area contributed by atoms with Gasteiger partial charge in [-0.15, -0.1) is 0 Å². The number of nitrogens with one attached hydrogen (secondary N) is 1. The number of ketones is 1. The van der Waals surface area contributed by atoms with Gasteiger partial charge in [0.1, 0.15) is 5.69 Å². The van der Waals surface area contributed by atoms with Gasteiger partial charge in [0, 0.05) is 30.5 Å². The van der Waals surface area contributed by atoms with Crippen molar-refractivity contribution in [1.29, 1.82) is 0 Å². The van der Waals surface area contributed by atoms with E-state index < -0.39 is 0 Å². The van der Waals surface area contributed by atoms with Crippen molar-refractivity contribution in [3.63, 3.8) is 0 Å². The van der Waals surface area contributed by atoms with Crippen LogP contribution in [0.2, 0.25) is 0 Å². The topological polar surface area (TPSA) is 75.2 Å². The minimum Gasteiger partial charge on any atom is -0.337 e. The van der Waals surface area contributed by atoms with Crippen molar-refractivity contribution in [3.05, 3.63) is 47.8 Å². The van der Waals surface area contributed by atoms with Crippen LogP contribution in [0.4, 0.5) is 11.6 Å². The molecule has 130 valence electrons. The lowest BCUT2D eigenvalue weighted by Gasteiger charge is -2.30. The van der Waals surface area contributed by atoms with Crippen LogP contribution in [0.15, 0.2) is 36.5 Å². The Kier molecular flexibility index (Phi) is 5.07. The highest BCUT2D eigenvalue weighted by Crippen LogP contribution is 2.19. The van der Waals surface area contributed by atoms with E-state index in [9.17, 15) is 9.59 Å². The minimum atomic E-state index is -0.0607. The third kappa shape index (κ3) is 4.21. The molecule has 1 atom stereocenters. The first-order valence-electron chi connectivity index (χ1n) is 8.53. The number of likely N-dealkylation sites (tertiary alicyclic amines) is 1.